The summed E-state index contributed by atoms with van der Waals surface area (Å²) in [4.78, 5) is 11.7. The molecule has 0 radical (unpaired) electrons. The van der Waals surface area contributed by atoms with Gasteiger partial charge in [-0.3, -0.25) is 0 Å². The van der Waals surface area contributed by atoms with E-state index in [-0.39, 0.29) is 16.2 Å². The summed E-state index contributed by atoms with van der Waals surface area (Å²) in [5.41, 5.74) is -0.681. The molecule has 0 unspecified atom stereocenters. The third kappa shape index (κ3) is 2.99. The molecule has 0 aliphatic rings. The first-order valence-corrected chi connectivity index (χ1v) is 8.98. The standard InChI is InChI=1S/C18H16O7S/c1-22-12-4-6-14-11(8-12)9-17(18(19)25-14)26(20,21)13-5-7-15(23-2)16(10-13)24-3/h4-10H,1-3H3. The van der Waals surface area contributed by atoms with Gasteiger partial charge in [0.25, 0.3) is 0 Å². The van der Waals surface area contributed by atoms with E-state index in [1.54, 1.807) is 18.2 Å². The van der Waals surface area contributed by atoms with Crippen molar-refractivity contribution >= 4 is 20.8 Å². The van der Waals surface area contributed by atoms with Gasteiger partial charge in [-0.05, 0) is 36.4 Å². The predicted molar refractivity (Wildman–Crippen MR) is 94.0 cm³/mol. The van der Waals surface area contributed by atoms with Crippen molar-refractivity contribution in [1.82, 2.24) is 0 Å². The quantitative estimate of drug-likeness (QED) is 0.632. The van der Waals surface area contributed by atoms with E-state index >= 15 is 0 Å². The molecule has 1 heterocycles. The van der Waals surface area contributed by atoms with Crippen molar-refractivity contribution < 1.29 is 27.0 Å². The van der Waals surface area contributed by atoms with Gasteiger partial charge in [0.2, 0.25) is 9.84 Å². The number of hydrogen-bond donors (Lipinski definition) is 0. The fourth-order valence-corrected chi connectivity index (χ4v) is 3.81. The molecule has 7 nitrogen and oxygen atoms in total. The van der Waals surface area contributed by atoms with Crippen LogP contribution in [-0.4, -0.2) is 29.7 Å². The molecule has 8 heteroatoms. The Morgan fingerprint density at radius 3 is 2.23 bits per heavy atom. The Morgan fingerprint density at radius 2 is 1.58 bits per heavy atom. The molecule has 0 saturated heterocycles. The maximum atomic E-state index is 12.9. The van der Waals surface area contributed by atoms with Crippen LogP contribution in [-0.2, 0) is 9.84 Å². The fourth-order valence-electron chi connectivity index (χ4n) is 2.51. The minimum Gasteiger partial charge on any atom is -0.497 e. The highest BCUT2D eigenvalue weighted by Crippen LogP contribution is 2.32. The first-order valence-electron chi connectivity index (χ1n) is 7.49. The SMILES string of the molecule is COc1ccc2oc(=O)c(S(=O)(=O)c3ccc(OC)c(OC)c3)cc2c1. The van der Waals surface area contributed by atoms with E-state index in [0.717, 1.165) is 0 Å². The average molecular weight is 376 g/mol. The van der Waals surface area contributed by atoms with Crippen molar-refractivity contribution in [2.45, 2.75) is 9.79 Å². The van der Waals surface area contributed by atoms with Crippen LogP contribution in [0.3, 0.4) is 0 Å². The Hall–Kier alpha value is -3.00. The lowest BCUT2D eigenvalue weighted by Gasteiger charge is -2.10. The van der Waals surface area contributed by atoms with Crippen LogP contribution in [0.5, 0.6) is 17.2 Å². The van der Waals surface area contributed by atoms with Gasteiger partial charge in [-0.1, -0.05) is 0 Å². The minimum absolute atomic E-state index is 0.107. The van der Waals surface area contributed by atoms with Crippen molar-refractivity contribution in [1.29, 1.82) is 0 Å². The zero-order chi connectivity index (χ0) is 18.9. The van der Waals surface area contributed by atoms with Crippen molar-refractivity contribution in [3.63, 3.8) is 0 Å². The van der Waals surface area contributed by atoms with Crippen molar-refractivity contribution in [2.75, 3.05) is 21.3 Å². The molecule has 0 N–H and O–H groups in total. The number of rotatable bonds is 5. The zero-order valence-corrected chi connectivity index (χ0v) is 15.1. The highest BCUT2D eigenvalue weighted by atomic mass is 32.2. The molecule has 2 aromatic carbocycles. The molecule has 3 aromatic rings. The first kappa shape index (κ1) is 17.8. The second kappa shape index (κ2) is 6.72. The number of sulfone groups is 1. The van der Waals surface area contributed by atoms with E-state index in [4.69, 9.17) is 18.6 Å². The summed E-state index contributed by atoms with van der Waals surface area (Å²) >= 11 is 0. The fraction of sp³-hybridized carbons (Fsp3) is 0.167. The molecule has 0 saturated carbocycles. The summed E-state index contributed by atoms with van der Waals surface area (Å²) in [6.07, 6.45) is 0. The van der Waals surface area contributed by atoms with Gasteiger partial charge in [0.15, 0.2) is 16.4 Å². The number of benzene rings is 2. The Morgan fingerprint density at radius 1 is 0.846 bits per heavy atom. The molecule has 0 atom stereocenters. The maximum Gasteiger partial charge on any atom is 0.355 e. The molecule has 3 rings (SSSR count). The number of methoxy groups -OCH3 is 3. The summed E-state index contributed by atoms with van der Waals surface area (Å²) in [5, 5.41) is 0.433. The average Bonchev–Trinajstić information content (AvgIpc) is 2.66. The molecule has 0 bridgehead atoms. The van der Waals surface area contributed by atoms with Gasteiger partial charge < -0.3 is 18.6 Å². The van der Waals surface area contributed by atoms with Crippen LogP contribution in [0, 0.1) is 0 Å². The van der Waals surface area contributed by atoms with Gasteiger partial charge >= 0.3 is 5.63 Å². The van der Waals surface area contributed by atoms with E-state index in [1.807, 2.05) is 0 Å². The maximum absolute atomic E-state index is 12.9. The van der Waals surface area contributed by atoms with Crippen LogP contribution in [0.25, 0.3) is 11.0 Å². The van der Waals surface area contributed by atoms with E-state index in [1.165, 1.54) is 45.6 Å². The van der Waals surface area contributed by atoms with Gasteiger partial charge in [-0.2, -0.15) is 0 Å². The molecule has 0 aliphatic heterocycles. The van der Waals surface area contributed by atoms with Crippen molar-refractivity contribution in [3.05, 3.63) is 52.9 Å². The summed E-state index contributed by atoms with van der Waals surface area (Å²) in [6, 6.07) is 10.1. The number of hydrogen-bond acceptors (Lipinski definition) is 7. The monoisotopic (exact) mass is 376 g/mol. The van der Waals surface area contributed by atoms with Crippen LogP contribution >= 0.6 is 0 Å². The normalized spacial score (nSPS) is 11.3. The smallest absolute Gasteiger partial charge is 0.355 e. The van der Waals surface area contributed by atoms with Crippen LogP contribution in [0.15, 0.2) is 61.5 Å². The van der Waals surface area contributed by atoms with Gasteiger partial charge in [-0.15, -0.1) is 0 Å². The summed E-state index contributed by atoms with van der Waals surface area (Å²) in [7, 11) is 0.202. The van der Waals surface area contributed by atoms with Gasteiger partial charge in [0.05, 0.1) is 26.2 Å². The zero-order valence-electron chi connectivity index (χ0n) is 14.3. The summed E-state index contributed by atoms with van der Waals surface area (Å²) < 4.78 is 46.4. The van der Waals surface area contributed by atoms with E-state index in [2.05, 4.69) is 0 Å². The summed E-state index contributed by atoms with van der Waals surface area (Å²) in [5.74, 6) is 1.13. The van der Waals surface area contributed by atoms with E-state index in [0.29, 0.717) is 16.9 Å². The van der Waals surface area contributed by atoms with Crippen molar-refractivity contribution in [3.8, 4) is 17.2 Å². The number of fused-ring (bicyclic) bond motifs is 1. The molecular weight excluding hydrogens is 360 g/mol. The van der Waals surface area contributed by atoms with E-state index < -0.39 is 20.4 Å². The van der Waals surface area contributed by atoms with Crippen LogP contribution < -0.4 is 19.8 Å². The molecule has 136 valence electrons. The first-order chi connectivity index (χ1) is 12.4. The minimum atomic E-state index is -4.12. The number of ether oxygens (including phenoxy) is 3. The Kier molecular flexibility index (Phi) is 4.60. The largest absolute Gasteiger partial charge is 0.497 e. The highest BCUT2D eigenvalue weighted by Gasteiger charge is 2.25. The molecule has 0 aliphatic carbocycles. The second-order valence-electron chi connectivity index (χ2n) is 5.32. The van der Waals surface area contributed by atoms with Gasteiger partial charge in [0, 0.05) is 11.5 Å². The molecule has 0 spiro atoms. The lowest BCUT2D eigenvalue weighted by atomic mass is 10.2. The lowest BCUT2D eigenvalue weighted by molar-refractivity contribution is 0.354. The second-order valence-corrected chi connectivity index (χ2v) is 7.24. The molecule has 1 aromatic heterocycles. The van der Waals surface area contributed by atoms with Crippen LogP contribution in [0.2, 0.25) is 0 Å². The molecular formula is C18H16O7S. The molecule has 26 heavy (non-hydrogen) atoms. The van der Waals surface area contributed by atoms with Gasteiger partial charge in [0.1, 0.15) is 11.3 Å². The van der Waals surface area contributed by atoms with Crippen molar-refractivity contribution in [2.24, 2.45) is 0 Å². The molecule has 0 fully saturated rings. The van der Waals surface area contributed by atoms with Crippen LogP contribution in [0.4, 0.5) is 0 Å². The Labute approximate surface area is 149 Å². The molecule has 0 amide bonds. The Bertz CT molecular complexity index is 1130. The lowest BCUT2D eigenvalue weighted by Crippen LogP contribution is -2.14. The van der Waals surface area contributed by atoms with E-state index in [9.17, 15) is 13.2 Å². The summed E-state index contributed by atoms with van der Waals surface area (Å²) in [6.45, 7) is 0. The van der Waals surface area contributed by atoms with Crippen LogP contribution in [0.1, 0.15) is 0 Å². The van der Waals surface area contributed by atoms with Gasteiger partial charge in [-0.25, -0.2) is 13.2 Å². The third-order valence-electron chi connectivity index (χ3n) is 3.86. The Balaban J connectivity index is 2.20. The predicted octanol–water partition coefficient (Wildman–Crippen LogP) is 2.65. The third-order valence-corrected chi connectivity index (χ3v) is 5.60. The highest BCUT2D eigenvalue weighted by molar-refractivity contribution is 7.91. The topological polar surface area (TPSA) is 92.0 Å².